The van der Waals surface area contributed by atoms with Crippen molar-refractivity contribution in [2.24, 2.45) is 5.73 Å². The molecule has 0 bridgehead atoms. The van der Waals surface area contributed by atoms with E-state index in [2.05, 4.69) is 9.97 Å². The SMILES string of the molecule is COc1ccc(CC(N)c2cnccc2C)cn1. The van der Waals surface area contributed by atoms with Gasteiger partial charge in [0, 0.05) is 30.7 Å². The third-order valence-electron chi connectivity index (χ3n) is 2.94. The number of aryl methyl sites for hydroxylation is 1. The van der Waals surface area contributed by atoms with E-state index in [9.17, 15) is 0 Å². The molecule has 1 atom stereocenters. The monoisotopic (exact) mass is 243 g/mol. The van der Waals surface area contributed by atoms with Crippen LogP contribution in [0, 0.1) is 6.92 Å². The highest BCUT2D eigenvalue weighted by Crippen LogP contribution is 2.19. The molecule has 4 heteroatoms. The second-order valence-corrected chi connectivity index (χ2v) is 4.25. The van der Waals surface area contributed by atoms with Crippen molar-refractivity contribution in [3.05, 3.63) is 53.5 Å². The van der Waals surface area contributed by atoms with E-state index in [-0.39, 0.29) is 6.04 Å². The van der Waals surface area contributed by atoms with E-state index < -0.39 is 0 Å². The van der Waals surface area contributed by atoms with Crippen LogP contribution in [0.3, 0.4) is 0 Å². The van der Waals surface area contributed by atoms with Gasteiger partial charge in [0.15, 0.2) is 0 Å². The molecule has 2 aromatic heterocycles. The summed E-state index contributed by atoms with van der Waals surface area (Å²) in [5.74, 6) is 0.616. The molecule has 4 nitrogen and oxygen atoms in total. The standard InChI is InChI=1S/C14H17N3O/c1-10-5-6-16-9-12(10)13(15)7-11-3-4-14(18-2)17-8-11/h3-6,8-9,13H,7,15H2,1-2H3. The molecule has 0 amide bonds. The maximum absolute atomic E-state index is 6.20. The van der Waals surface area contributed by atoms with Crippen LogP contribution in [0.15, 0.2) is 36.8 Å². The minimum Gasteiger partial charge on any atom is -0.481 e. The van der Waals surface area contributed by atoms with Gasteiger partial charge in [-0.15, -0.1) is 0 Å². The molecule has 0 aromatic carbocycles. The summed E-state index contributed by atoms with van der Waals surface area (Å²) in [6.45, 7) is 2.04. The minimum atomic E-state index is -0.0612. The summed E-state index contributed by atoms with van der Waals surface area (Å²) >= 11 is 0. The number of nitrogens with zero attached hydrogens (tertiary/aromatic N) is 2. The highest BCUT2D eigenvalue weighted by atomic mass is 16.5. The smallest absolute Gasteiger partial charge is 0.212 e. The highest BCUT2D eigenvalue weighted by molar-refractivity contribution is 5.27. The molecule has 0 fully saturated rings. The Labute approximate surface area is 107 Å². The van der Waals surface area contributed by atoms with Crippen LogP contribution in [0.2, 0.25) is 0 Å². The Hall–Kier alpha value is -1.94. The first kappa shape index (κ1) is 12.5. The van der Waals surface area contributed by atoms with Gasteiger partial charge in [0.1, 0.15) is 0 Å². The number of ether oxygens (including phenoxy) is 1. The van der Waals surface area contributed by atoms with Gasteiger partial charge in [-0.05, 0) is 36.1 Å². The molecule has 0 saturated carbocycles. The Morgan fingerprint density at radius 1 is 1.28 bits per heavy atom. The van der Waals surface area contributed by atoms with Crippen LogP contribution in [-0.2, 0) is 6.42 Å². The molecule has 94 valence electrons. The second-order valence-electron chi connectivity index (χ2n) is 4.25. The number of pyridine rings is 2. The molecule has 1 unspecified atom stereocenters. The first-order chi connectivity index (χ1) is 8.70. The summed E-state index contributed by atoms with van der Waals surface area (Å²) in [5, 5.41) is 0. The molecule has 2 rings (SSSR count). The Morgan fingerprint density at radius 3 is 2.72 bits per heavy atom. The lowest BCUT2D eigenvalue weighted by atomic mass is 9.99. The first-order valence-electron chi connectivity index (χ1n) is 5.85. The van der Waals surface area contributed by atoms with Gasteiger partial charge in [0.2, 0.25) is 5.88 Å². The van der Waals surface area contributed by atoms with E-state index in [1.165, 1.54) is 5.56 Å². The normalized spacial score (nSPS) is 12.2. The van der Waals surface area contributed by atoms with E-state index in [1.54, 1.807) is 19.5 Å². The van der Waals surface area contributed by atoms with Crippen molar-refractivity contribution >= 4 is 0 Å². The van der Waals surface area contributed by atoms with Crippen molar-refractivity contribution < 1.29 is 4.74 Å². The van der Waals surface area contributed by atoms with Crippen LogP contribution in [0.5, 0.6) is 5.88 Å². The molecule has 0 aliphatic rings. The molecule has 2 N–H and O–H groups in total. The van der Waals surface area contributed by atoms with Crippen LogP contribution in [0.4, 0.5) is 0 Å². The molecule has 0 aliphatic carbocycles. The predicted molar refractivity (Wildman–Crippen MR) is 70.4 cm³/mol. The van der Waals surface area contributed by atoms with E-state index in [4.69, 9.17) is 10.5 Å². The number of aromatic nitrogens is 2. The van der Waals surface area contributed by atoms with Crippen molar-refractivity contribution in [1.29, 1.82) is 0 Å². The van der Waals surface area contributed by atoms with Crippen LogP contribution < -0.4 is 10.5 Å². The lowest BCUT2D eigenvalue weighted by Gasteiger charge is -2.14. The Morgan fingerprint density at radius 2 is 2.11 bits per heavy atom. The summed E-state index contributed by atoms with van der Waals surface area (Å²) in [4.78, 5) is 8.29. The van der Waals surface area contributed by atoms with Crippen molar-refractivity contribution in [2.45, 2.75) is 19.4 Å². The summed E-state index contributed by atoms with van der Waals surface area (Å²) in [5.41, 5.74) is 9.53. The molecular weight excluding hydrogens is 226 g/mol. The van der Waals surface area contributed by atoms with E-state index in [0.717, 1.165) is 17.5 Å². The van der Waals surface area contributed by atoms with Gasteiger partial charge >= 0.3 is 0 Å². The lowest BCUT2D eigenvalue weighted by Crippen LogP contribution is -2.15. The lowest BCUT2D eigenvalue weighted by molar-refractivity contribution is 0.397. The maximum Gasteiger partial charge on any atom is 0.212 e. The van der Waals surface area contributed by atoms with Crippen molar-refractivity contribution in [2.75, 3.05) is 7.11 Å². The third kappa shape index (κ3) is 2.84. The minimum absolute atomic E-state index is 0.0612. The number of hydrogen-bond donors (Lipinski definition) is 1. The number of methoxy groups -OCH3 is 1. The average molecular weight is 243 g/mol. The third-order valence-corrected chi connectivity index (χ3v) is 2.94. The summed E-state index contributed by atoms with van der Waals surface area (Å²) in [6, 6.07) is 5.74. The zero-order valence-electron chi connectivity index (χ0n) is 10.6. The highest BCUT2D eigenvalue weighted by Gasteiger charge is 2.10. The molecule has 0 radical (unpaired) electrons. The number of hydrogen-bond acceptors (Lipinski definition) is 4. The molecule has 0 aliphatic heterocycles. The molecule has 18 heavy (non-hydrogen) atoms. The fourth-order valence-corrected chi connectivity index (χ4v) is 1.88. The van der Waals surface area contributed by atoms with E-state index in [0.29, 0.717) is 5.88 Å². The Balaban J connectivity index is 2.11. The number of nitrogens with two attached hydrogens (primary N) is 1. The van der Waals surface area contributed by atoms with Crippen LogP contribution in [0.1, 0.15) is 22.7 Å². The van der Waals surface area contributed by atoms with Gasteiger partial charge < -0.3 is 10.5 Å². The zero-order valence-corrected chi connectivity index (χ0v) is 10.6. The maximum atomic E-state index is 6.20. The molecule has 0 spiro atoms. The van der Waals surface area contributed by atoms with Gasteiger partial charge in [-0.3, -0.25) is 4.98 Å². The molecule has 2 heterocycles. The quantitative estimate of drug-likeness (QED) is 0.892. The average Bonchev–Trinajstić information content (AvgIpc) is 2.40. The largest absolute Gasteiger partial charge is 0.481 e. The fourth-order valence-electron chi connectivity index (χ4n) is 1.88. The van der Waals surface area contributed by atoms with Crippen molar-refractivity contribution in [3.63, 3.8) is 0 Å². The predicted octanol–water partition coefficient (Wildman–Crippen LogP) is 2.04. The Kier molecular flexibility index (Phi) is 3.89. The van der Waals surface area contributed by atoms with Crippen LogP contribution >= 0.6 is 0 Å². The van der Waals surface area contributed by atoms with Crippen LogP contribution in [0.25, 0.3) is 0 Å². The van der Waals surface area contributed by atoms with Gasteiger partial charge in [0.25, 0.3) is 0 Å². The second kappa shape index (κ2) is 5.60. The van der Waals surface area contributed by atoms with Gasteiger partial charge in [-0.1, -0.05) is 6.07 Å². The van der Waals surface area contributed by atoms with E-state index in [1.807, 2.05) is 31.3 Å². The molecule has 0 saturated heterocycles. The van der Waals surface area contributed by atoms with Gasteiger partial charge in [0.05, 0.1) is 7.11 Å². The first-order valence-corrected chi connectivity index (χ1v) is 5.85. The number of rotatable bonds is 4. The van der Waals surface area contributed by atoms with Gasteiger partial charge in [-0.25, -0.2) is 4.98 Å². The van der Waals surface area contributed by atoms with Crippen LogP contribution in [-0.4, -0.2) is 17.1 Å². The topological polar surface area (TPSA) is 61.0 Å². The van der Waals surface area contributed by atoms with Gasteiger partial charge in [-0.2, -0.15) is 0 Å². The summed E-state index contributed by atoms with van der Waals surface area (Å²) < 4.78 is 5.03. The Bertz CT molecular complexity index is 511. The summed E-state index contributed by atoms with van der Waals surface area (Å²) in [7, 11) is 1.60. The zero-order chi connectivity index (χ0) is 13.0. The van der Waals surface area contributed by atoms with Crippen molar-refractivity contribution in [1.82, 2.24) is 9.97 Å². The summed E-state index contributed by atoms with van der Waals surface area (Å²) in [6.07, 6.45) is 6.14. The fraction of sp³-hybridized carbons (Fsp3) is 0.286. The molecular formula is C14H17N3O. The van der Waals surface area contributed by atoms with E-state index >= 15 is 0 Å². The molecule has 2 aromatic rings. The van der Waals surface area contributed by atoms with Crippen molar-refractivity contribution in [3.8, 4) is 5.88 Å².